The van der Waals surface area contributed by atoms with Crippen molar-refractivity contribution in [1.82, 2.24) is 10.6 Å². The van der Waals surface area contributed by atoms with Crippen molar-refractivity contribution >= 4 is 11.9 Å². The van der Waals surface area contributed by atoms with Crippen LogP contribution in [0.2, 0.25) is 0 Å². The lowest BCUT2D eigenvalue weighted by Crippen LogP contribution is -2.45. The van der Waals surface area contributed by atoms with Crippen LogP contribution in [0, 0.1) is 0 Å². The van der Waals surface area contributed by atoms with Gasteiger partial charge in [-0.15, -0.1) is 0 Å². The van der Waals surface area contributed by atoms with Gasteiger partial charge in [0.1, 0.15) is 16.9 Å². The Balaban J connectivity index is 1.80. The van der Waals surface area contributed by atoms with E-state index in [9.17, 15) is 19.8 Å². The standard InChI is InChI=1S/C23H27N3O5/c1-4-23(31-12-13(2)25-21(28)15-7-5-8-16(27)11-15)10-6-9-17-19(23)20(24)18(22(29)30)14(3)26-17/h5-11,13,26-27H,4,12,24H2,1-3H3,(H,25,28)(H,29,30). The molecule has 164 valence electrons. The van der Waals surface area contributed by atoms with Crippen molar-refractivity contribution in [3.63, 3.8) is 0 Å². The summed E-state index contributed by atoms with van der Waals surface area (Å²) in [6, 6.07) is 5.73. The second-order valence-corrected chi connectivity index (χ2v) is 7.64. The van der Waals surface area contributed by atoms with Gasteiger partial charge in [-0.25, -0.2) is 4.79 Å². The summed E-state index contributed by atoms with van der Waals surface area (Å²) in [5.41, 5.74) is 7.63. The van der Waals surface area contributed by atoms with Crippen LogP contribution in [0.5, 0.6) is 5.75 Å². The van der Waals surface area contributed by atoms with Crippen LogP contribution in [0.15, 0.2) is 70.7 Å². The van der Waals surface area contributed by atoms with E-state index >= 15 is 0 Å². The Hall–Kier alpha value is -3.52. The fourth-order valence-corrected chi connectivity index (χ4v) is 3.83. The average Bonchev–Trinajstić information content (AvgIpc) is 2.71. The molecule has 1 heterocycles. The number of dihydropyridines is 1. The molecule has 0 spiro atoms. The molecule has 2 atom stereocenters. The van der Waals surface area contributed by atoms with Gasteiger partial charge in [0.25, 0.3) is 5.91 Å². The first kappa shape index (κ1) is 22.2. The van der Waals surface area contributed by atoms with Gasteiger partial charge in [0.05, 0.1) is 12.3 Å². The lowest BCUT2D eigenvalue weighted by molar-refractivity contribution is -0.132. The Morgan fingerprint density at radius 3 is 2.74 bits per heavy atom. The zero-order chi connectivity index (χ0) is 22.8. The number of carboxylic acids is 1. The molecule has 0 aromatic heterocycles. The van der Waals surface area contributed by atoms with E-state index in [1.165, 1.54) is 12.1 Å². The van der Waals surface area contributed by atoms with E-state index in [-0.39, 0.29) is 35.6 Å². The molecule has 0 fully saturated rings. The van der Waals surface area contributed by atoms with Gasteiger partial charge < -0.3 is 31.3 Å². The monoisotopic (exact) mass is 425 g/mol. The third-order valence-electron chi connectivity index (χ3n) is 5.37. The first-order valence-corrected chi connectivity index (χ1v) is 10.0. The number of carbonyl (C=O) groups excluding carboxylic acids is 1. The number of ether oxygens (including phenoxy) is 1. The Morgan fingerprint density at radius 1 is 1.35 bits per heavy atom. The van der Waals surface area contributed by atoms with Gasteiger partial charge in [0.2, 0.25) is 0 Å². The van der Waals surface area contributed by atoms with Gasteiger partial charge >= 0.3 is 5.97 Å². The molecule has 31 heavy (non-hydrogen) atoms. The van der Waals surface area contributed by atoms with Crippen LogP contribution in [-0.2, 0) is 9.53 Å². The average molecular weight is 425 g/mol. The number of fused-ring (bicyclic) bond motifs is 1. The van der Waals surface area contributed by atoms with E-state index in [2.05, 4.69) is 10.6 Å². The molecule has 1 aromatic rings. The number of carbonyl (C=O) groups is 2. The maximum absolute atomic E-state index is 12.4. The van der Waals surface area contributed by atoms with Crippen LogP contribution < -0.4 is 16.4 Å². The Labute approximate surface area is 180 Å². The van der Waals surface area contributed by atoms with Crippen LogP contribution in [0.3, 0.4) is 0 Å². The van der Waals surface area contributed by atoms with Crippen LogP contribution in [-0.4, -0.2) is 40.3 Å². The number of aromatic hydroxyl groups is 1. The number of amides is 1. The molecule has 6 N–H and O–H groups in total. The van der Waals surface area contributed by atoms with E-state index in [1.54, 1.807) is 26.0 Å². The van der Waals surface area contributed by atoms with Gasteiger partial charge in [-0.2, -0.15) is 0 Å². The summed E-state index contributed by atoms with van der Waals surface area (Å²) in [5.74, 6) is -1.43. The first-order valence-electron chi connectivity index (χ1n) is 10.0. The van der Waals surface area contributed by atoms with Gasteiger partial charge in [0, 0.05) is 28.6 Å². The summed E-state index contributed by atoms with van der Waals surface area (Å²) in [7, 11) is 0. The Kier molecular flexibility index (Phi) is 6.21. The number of phenolic OH excluding ortho intramolecular Hbond substituents is 1. The summed E-state index contributed by atoms with van der Waals surface area (Å²) in [4.78, 5) is 24.2. The lowest BCUT2D eigenvalue weighted by atomic mass is 9.80. The molecule has 0 saturated carbocycles. The number of benzene rings is 1. The predicted octanol–water partition coefficient (Wildman–Crippen LogP) is 2.30. The van der Waals surface area contributed by atoms with Crippen molar-refractivity contribution in [2.45, 2.75) is 38.8 Å². The second-order valence-electron chi connectivity index (χ2n) is 7.64. The van der Waals surface area contributed by atoms with Gasteiger partial charge in [0.15, 0.2) is 0 Å². The minimum atomic E-state index is -1.11. The molecule has 0 bridgehead atoms. The normalized spacial score (nSPS) is 21.2. The molecule has 1 aliphatic heterocycles. The van der Waals surface area contributed by atoms with Crippen molar-refractivity contribution < 1.29 is 24.5 Å². The summed E-state index contributed by atoms with van der Waals surface area (Å²) < 4.78 is 6.26. The highest BCUT2D eigenvalue weighted by Crippen LogP contribution is 2.40. The molecule has 8 nitrogen and oxygen atoms in total. The highest BCUT2D eigenvalue weighted by atomic mass is 16.5. The van der Waals surface area contributed by atoms with Gasteiger partial charge in [-0.3, -0.25) is 4.79 Å². The molecule has 8 heteroatoms. The molecule has 3 rings (SSSR count). The minimum Gasteiger partial charge on any atom is -0.508 e. The molecular formula is C23H27N3O5. The van der Waals surface area contributed by atoms with Crippen LogP contribution in [0.4, 0.5) is 0 Å². The molecule has 2 aliphatic rings. The number of carboxylic acid groups (broad SMARTS) is 1. The van der Waals surface area contributed by atoms with Crippen LogP contribution in [0.25, 0.3) is 0 Å². The smallest absolute Gasteiger partial charge is 0.339 e. The third-order valence-corrected chi connectivity index (χ3v) is 5.37. The molecule has 1 amide bonds. The summed E-state index contributed by atoms with van der Waals surface area (Å²) >= 11 is 0. The van der Waals surface area contributed by atoms with Crippen LogP contribution in [0.1, 0.15) is 37.6 Å². The van der Waals surface area contributed by atoms with Crippen molar-refractivity contribution in [1.29, 1.82) is 0 Å². The number of phenols is 1. The zero-order valence-corrected chi connectivity index (χ0v) is 17.7. The Bertz CT molecular complexity index is 1040. The first-order chi connectivity index (χ1) is 14.7. The van der Waals surface area contributed by atoms with Crippen molar-refractivity contribution in [2.75, 3.05) is 6.61 Å². The topological polar surface area (TPSA) is 134 Å². The summed E-state index contributed by atoms with van der Waals surface area (Å²) in [6.45, 7) is 5.56. The fourth-order valence-electron chi connectivity index (χ4n) is 3.83. The maximum atomic E-state index is 12.4. The van der Waals surface area contributed by atoms with Gasteiger partial charge in [-0.1, -0.05) is 19.1 Å². The van der Waals surface area contributed by atoms with E-state index in [0.29, 0.717) is 29.0 Å². The van der Waals surface area contributed by atoms with E-state index < -0.39 is 11.6 Å². The highest BCUT2D eigenvalue weighted by Gasteiger charge is 2.41. The van der Waals surface area contributed by atoms with Crippen molar-refractivity contribution in [3.8, 4) is 5.75 Å². The van der Waals surface area contributed by atoms with Crippen molar-refractivity contribution in [3.05, 3.63) is 76.3 Å². The number of nitrogens with two attached hydrogens (primary N) is 1. The molecule has 0 saturated heterocycles. The molecular weight excluding hydrogens is 398 g/mol. The third kappa shape index (κ3) is 4.34. The highest BCUT2D eigenvalue weighted by molar-refractivity contribution is 5.95. The van der Waals surface area contributed by atoms with Gasteiger partial charge in [-0.05, 0) is 50.6 Å². The quantitative estimate of drug-likeness (QED) is 0.452. The van der Waals surface area contributed by atoms with E-state index in [0.717, 1.165) is 0 Å². The predicted molar refractivity (Wildman–Crippen MR) is 116 cm³/mol. The molecule has 2 unspecified atom stereocenters. The lowest BCUT2D eigenvalue weighted by Gasteiger charge is -2.40. The SMILES string of the molecule is CCC1(OCC(C)NC(=O)c2cccc(O)c2)C=CC=C2NC(C)=C(C(=O)O)C(N)=C21. The van der Waals surface area contributed by atoms with E-state index in [4.69, 9.17) is 10.5 Å². The number of hydrogen-bond donors (Lipinski definition) is 5. The largest absolute Gasteiger partial charge is 0.508 e. The second kappa shape index (κ2) is 8.69. The minimum absolute atomic E-state index is 0.0120. The van der Waals surface area contributed by atoms with Crippen molar-refractivity contribution in [2.24, 2.45) is 5.73 Å². The molecule has 1 aromatic carbocycles. The Morgan fingerprint density at radius 2 is 2.10 bits per heavy atom. The molecule has 1 aliphatic carbocycles. The number of aliphatic carboxylic acids is 1. The number of hydrogen-bond acceptors (Lipinski definition) is 6. The number of nitrogens with one attached hydrogen (secondary N) is 2. The maximum Gasteiger partial charge on any atom is 0.339 e. The number of rotatable bonds is 7. The molecule has 0 radical (unpaired) electrons. The van der Waals surface area contributed by atoms with E-state index in [1.807, 2.05) is 25.2 Å². The summed E-state index contributed by atoms with van der Waals surface area (Å²) in [5, 5.41) is 25.1. The van der Waals surface area contributed by atoms with Crippen LogP contribution >= 0.6 is 0 Å². The zero-order valence-electron chi connectivity index (χ0n) is 17.7. The fraction of sp³-hybridized carbons (Fsp3) is 0.304. The summed E-state index contributed by atoms with van der Waals surface area (Å²) in [6.07, 6.45) is 6.04. The number of allylic oxidation sites excluding steroid dienone is 3.